The average molecular weight is 395 g/mol. The first-order valence-corrected chi connectivity index (χ1v) is 10.3. The predicted octanol–water partition coefficient (Wildman–Crippen LogP) is 6.05. The van der Waals surface area contributed by atoms with Gasteiger partial charge in [0.15, 0.2) is 0 Å². The topological polar surface area (TPSA) is 32.7 Å². The van der Waals surface area contributed by atoms with Crippen molar-refractivity contribution < 1.29 is 4.79 Å². The number of rotatable bonds is 6. The number of hydrogen-bond donors (Lipinski definition) is 0. The highest BCUT2D eigenvalue weighted by atomic mass is 16.2. The van der Waals surface area contributed by atoms with Crippen molar-refractivity contribution in [2.45, 2.75) is 26.7 Å². The number of benzene rings is 3. The van der Waals surface area contributed by atoms with Gasteiger partial charge in [-0.25, -0.2) is 0 Å². The predicted molar refractivity (Wildman–Crippen MR) is 124 cm³/mol. The van der Waals surface area contributed by atoms with Gasteiger partial charge in [-0.15, -0.1) is 0 Å². The van der Waals surface area contributed by atoms with Crippen LogP contribution in [0.2, 0.25) is 0 Å². The molecular formula is C27H26N2O. The number of allylic oxidation sites excluding steroid dienone is 1. The van der Waals surface area contributed by atoms with E-state index in [-0.39, 0.29) is 5.91 Å². The summed E-state index contributed by atoms with van der Waals surface area (Å²) in [5.74, 6) is 0.0328. The second kappa shape index (κ2) is 8.50. The Hall–Kier alpha value is -3.46. The Morgan fingerprint density at radius 1 is 0.867 bits per heavy atom. The maximum Gasteiger partial charge on any atom is 0.260 e. The maximum absolute atomic E-state index is 13.7. The number of hydrogen-bond acceptors (Lipinski definition) is 2. The summed E-state index contributed by atoms with van der Waals surface area (Å²) in [7, 11) is 0. The molecule has 0 saturated heterocycles. The summed E-state index contributed by atoms with van der Waals surface area (Å²) in [6, 6.07) is 28.3. The van der Waals surface area contributed by atoms with Gasteiger partial charge >= 0.3 is 0 Å². The molecular weight excluding hydrogens is 368 g/mol. The van der Waals surface area contributed by atoms with Crippen LogP contribution in [0.1, 0.15) is 30.0 Å². The highest BCUT2D eigenvalue weighted by Crippen LogP contribution is 2.39. The van der Waals surface area contributed by atoms with Crippen molar-refractivity contribution in [3.63, 3.8) is 0 Å². The molecule has 1 aliphatic rings. The Bertz CT molecular complexity index is 1070. The summed E-state index contributed by atoms with van der Waals surface area (Å²) in [4.78, 5) is 13.7. The molecule has 0 aromatic heterocycles. The van der Waals surface area contributed by atoms with E-state index in [0.717, 1.165) is 28.1 Å². The van der Waals surface area contributed by atoms with Crippen molar-refractivity contribution in [2.75, 3.05) is 5.01 Å². The van der Waals surface area contributed by atoms with Gasteiger partial charge in [-0.1, -0.05) is 90.5 Å². The summed E-state index contributed by atoms with van der Waals surface area (Å²) < 4.78 is 0. The molecule has 1 atom stereocenters. The lowest BCUT2D eigenvalue weighted by atomic mass is 9.74. The van der Waals surface area contributed by atoms with Gasteiger partial charge in [-0.2, -0.15) is 10.1 Å². The van der Waals surface area contributed by atoms with Crippen molar-refractivity contribution >= 4 is 23.4 Å². The number of nitrogens with zero attached hydrogens (tertiary/aromatic N) is 2. The first-order chi connectivity index (χ1) is 14.6. The second-order valence-electron chi connectivity index (χ2n) is 7.90. The van der Waals surface area contributed by atoms with Gasteiger partial charge < -0.3 is 0 Å². The second-order valence-corrected chi connectivity index (χ2v) is 7.90. The van der Waals surface area contributed by atoms with E-state index < -0.39 is 5.41 Å². The van der Waals surface area contributed by atoms with Crippen LogP contribution in [0.3, 0.4) is 0 Å². The highest BCUT2D eigenvalue weighted by Gasteiger charge is 2.48. The molecule has 0 fully saturated rings. The Kier molecular flexibility index (Phi) is 5.62. The molecule has 150 valence electrons. The van der Waals surface area contributed by atoms with E-state index in [0.29, 0.717) is 12.8 Å². The fourth-order valence-electron chi connectivity index (χ4n) is 3.92. The zero-order chi connectivity index (χ0) is 21.0. The zero-order valence-electron chi connectivity index (χ0n) is 17.5. The molecule has 0 aliphatic carbocycles. The van der Waals surface area contributed by atoms with Gasteiger partial charge in [0, 0.05) is 0 Å². The summed E-state index contributed by atoms with van der Waals surface area (Å²) in [5, 5.41) is 6.29. The van der Waals surface area contributed by atoms with Gasteiger partial charge in [0.1, 0.15) is 0 Å². The van der Waals surface area contributed by atoms with Gasteiger partial charge in [0.05, 0.1) is 16.8 Å². The van der Waals surface area contributed by atoms with E-state index in [1.54, 1.807) is 5.01 Å². The van der Waals surface area contributed by atoms with Crippen LogP contribution in [0.15, 0.2) is 96.1 Å². The molecule has 0 saturated carbocycles. The minimum Gasteiger partial charge on any atom is -0.271 e. The third-order valence-corrected chi connectivity index (χ3v) is 5.75. The molecule has 0 radical (unpaired) electrons. The van der Waals surface area contributed by atoms with E-state index in [1.807, 2.05) is 74.5 Å². The number of anilines is 1. The summed E-state index contributed by atoms with van der Waals surface area (Å²) in [6.07, 6.45) is 5.42. The molecule has 1 amide bonds. The van der Waals surface area contributed by atoms with E-state index in [9.17, 15) is 4.79 Å². The van der Waals surface area contributed by atoms with Crippen LogP contribution in [-0.2, 0) is 11.2 Å². The molecule has 3 heteroatoms. The summed E-state index contributed by atoms with van der Waals surface area (Å²) in [5.41, 5.74) is 4.41. The number of carbonyl (C=O) groups excluding carboxylic acids is 1. The third kappa shape index (κ3) is 3.97. The zero-order valence-corrected chi connectivity index (χ0v) is 17.5. The molecule has 3 nitrogen and oxygen atoms in total. The quantitative estimate of drug-likeness (QED) is 0.501. The van der Waals surface area contributed by atoms with Crippen LogP contribution in [-0.4, -0.2) is 11.6 Å². The third-order valence-electron chi connectivity index (χ3n) is 5.75. The van der Waals surface area contributed by atoms with E-state index in [4.69, 9.17) is 5.10 Å². The number of aryl methyl sites for hydroxylation is 1. The molecule has 0 bridgehead atoms. The molecule has 4 rings (SSSR count). The van der Waals surface area contributed by atoms with Gasteiger partial charge in [0.2, 0.25) is 0 Å². The van der Waals surface area contributed by atoms with Crippen molar-refractivity contribution in [3.8, 4) is 0 Å². The van der Waals surface area contributed by atoms with Crippen molar-refractivity contribution in [1.82, 2.24) is 0 Å². The van der Waals surface area contributed by atoms with Crippen molar-refractivity contribution in [1.29, 1.82) is 0 Å². The number of carbonyl (C=O) groups is 1. The minimum absolute atomic E-state index is 0.0328. The largest absolute Gasteiger partial charge is 0.271 e. The van der Waals surface area contributed by atoms with E-state index in [1.165, 1.54) is 0 Å². The van der Waals surface area contributed by atoms with E-state index >= 15 is 0 Å². The Morgan fingerprint density at radius 2 is 1.50 bits per heavy atom. The van der Waals surface area contributed by atoms with Crippen molar-refractivity contribution in [2.24, 2.45) is 10.5 Å². The van der Waals surface area contributed by atoms with Crippen molar-refractivity contribution in [3.05, 3.63) is 108 Å². The molecule has 0 unspecified atom stereocenters. The van der Waals surface area contributed by atoms with Crippen LogP contribution < -0.4 is 5.01 Å². The van der Waals surface area contributed by atoms with Crippen LogP contribution in [0.4, 0.5) is 5.69 Å². The van der Waals surface area contributed by atoms with Gasteiger partial charge in [-0.05, 0) is 49.9 Å². The maximum atomic E-state index is 13.7. The van der Waals surface area contributed by atoms with E-state index in [2.05, 4.69) is 36.4 Å². The van der Waals surface area contributed by atoms with Crippen LogP contribution in [0.5, 0.6) is 0 Å². The van der Waals surface area contributed by atoms with Gasteiger partial charge in [-0.3, -0.25) is 4.79 Å². The number of hydrazone groups is 1. The minimum atomic E-state index is -0.683. The Labute approximate surface area is 178 Å². The lowest BCUT2D eigenvalue weighted by Gasteiger charge is -2.27. The average Bonchev–Trinajstić information content (AvgIpc) is 3.01. The Morgan fingerprint density at radius 3 is 2.17 bits per heavy atom. The first-order valence-electron chi connectivity index (χ1n) is 10.3. The monoisotopic (exact) mass is 394 g/mol. The van der Waals surface area contributed by atoms with Crippen LogP contribution in [0, 0.1) is 12.3 Å². The highest BCUT2D eigenvalue weighted by molar-refractivity contribution is 6.18. The smallest absolute Gasteiger partial charge is 0.260 e. The lowest BCUT2D eigenvalue weighted by molar-refractivity contribution is -0.123. The molecule has 0 spiro atoms. The Balaban J connectivity index is 1.67. The summed E-state index contributed by atoms with van der Waals surface area (Å²) in [6.45, 7) is 4.02. The molecule has 1 heterocycles. The first kappa shape index (κ1) is 19.8. The standard InChI is InChI=1S/C27H26N2O/c1-21-15-17-25(18-16-21)29-26(30)27(22(2)28-29,20-24-12-7-4-8-13-24)19-9-14-23-10-5-3-6-11-23/h3-18H,19-20H2,1-2H3/b14-9+/t27-/m1/s1. The molecule has 3 aromatic carbocycles. The molecule has 0 N–H and O–H groups in total. The fourth-order valence-corrected chi connectivity index (χ4v) is 3.92. The SMILES string of the molecule is CC1=NN(c2ccc(C)cc2)C(=O)[C@]1(C/C=C/c1ccccc1)Cc1ccccc1. The molecule has 3 aromatic rings. The normalized spacial score (nSPS) is 18.8. The number of amides is 1. The van der Waals surface area contributed by atoms with Crippen LogP contribution in [0.25, 0.3) is 6.08 Å². The fraction of sp³-hybridized carbons (Fsp3) is 0.185. The van der Waals surface area contributed by atoms with Crippen LogP contribution >= 0.6 is 0 Å². The summed E-state index contributed by atoms with van der Waals surface area (Å²) >= 11 is 0. The molecule has 1 aliphatic heterocycles. The molecule has 30 heavy (non-hydrogen) atoms. The van der Waals surface area contributed by atoms with Gasteiger partial charge in [0.25, 0.3) is 5.91 Å². The lowest BCUT2D eigenvalue weighted by Crippen LogP contribution is -2.40.